The van der Waals surface area contributed by atoms with Crippen LogP contribution in [0.4, 0.5) is 14.6 Å². The number of rotatable bonds is 7. The van der Waals surface area contributed by atoms with Gasteiger partial charge in [-0.1, -0.05) is 32.1 Å². The van der Waals surface area contributed by atoms with Gasteiger partial charge in [-0.25, -0.2) is 13.8 Å². The minimum Gasteiger partial charge on any atom is -0.457 e. The highest BCUT2D eigenvalue weighted by Gasteiger charge is 2.14. The number of pyridine rings is 1. The van der Waals surface area contributed by atoms with Gasteiger partial charge in [0.15, 0.2) is 0 Å². The topological polar surface area (TPSA) is 63.2 Å². The molecule has 0 aliphatic heterocycles. The predicted octanol–water partition coefficient (Wildman–Crippen LogP) is 7.16. The van der Waals surface area contributed by atoms with Crippen LogP contribution in [0.25, 0.3) is 0 Å². The van der Waals surface area contributed by atoms with Gasteiger partial charge in [0, 0.05) is 44.6 Å². The van der Waals surface area contributed by atoms with E-state index >= 15 is 0 Å². The number of carbonyl (C=O) groups excluding carboxylic acids is 1. The lowest BCUT2D eigenvalue weighted by Gasteiger charge is -2.13. The third-order valence-corrected chi connectivity index (χ3v) is 4.91. The molecule has 4 rings (SSSR count). The van der Waals surface area contributed by atoms with Crippen molar-refractivity contribution >= 4 is 11.7 Å². The molecule has 0 unspecified atom stereocenters. The molecule has 0 saturated heterocycles. The predicted molar refractivity (Wildman–Crippen MR) is 134 cm³/mol. The first-order valence-electron chi connectivity index (χ1n) is 11.1. The van der Waals surface area contributed by atoms with Gasteiger partial charge >= 0.3 is 0 Å². The summed E-state index contributed by atoms with van der Waals surface area (Å²) >= 11 is 0. The van der Waals surface area contributed by atoms with Crippen molar-refractivity contribution in [2.24, 2.45) is 0 Å². The summed E-state index contributed by atoms with van der Waals surface area (Å²) in [6, 6.07) is 11.8. The lowest BCUT2D eigenvalue weighted by Crippen LogP contribution is -2.23. The van der Waals surface area contributed by atoms with Crippen LogP contribution < -0.4 is 15.4 Å². The number of halogens is 2. The fourth-order valence-electron chi connectivity index (χ4n) is 3.33. The van der Waals surface area contributed by atoms with E-state index in [1.54, 1.807) is 43.5 Å². The lowest BCUT2D eigenvalue weighted by atomic mass is 10.1. The highest BCUT2D eigenvalue weighted by atomic mass is 19.1. The molecule has 34 heavy (non-hydrogen) atoms. The smallest absolute Gasteiger partial charge is 0.251 e. The number of anilines is 1. The molecule has 1 heterocycles. The summed E-state index contributed by atoms with van der Waals surface area (Å²) in [5, 5.41) is 5.91. The molecule has 1 aliphatic carbocycles. The van der Waals surface area contributed by atoms with Crippen LogP contribution in [-0.2, 0) is 6.54 Å². The maximum atomic E-state index is 13.4. The van der Waals surface area contributed by atoms with Crippen molar-refractivity contribution in [2.75, 3.05) is 5.32 Å². The molecule has 2 aromatic carbocycles. The zero-order valence-electron chi connectivity index (χ0n) is 19.4. The van der Waals surface area contributed by atoms with Crippen LogP contribution in [0.15, 0.2) is 78.7 Å². The molecule has 180 valence electrons. The molecule has 5 nitrogen and oxygen atoms in total. The maximum Gasteiger partial charge on any atom is 0.251 e. The highest BCUT2D eigenvalue weighted by molar-refractivity contribution is 5.96. The monoisotopic (exact) mass is 467 g/mol. The van der Waals surface area contributed by atoms with E-state index in [2.05, 4.69) is 21.7 Å². The molecular weight excluding hydrogens is 436 g/mol. The first-order chi connectivity index (χ1) is 16.5. The average molecular weight is 468 g/mol. The van der Waals surface area contributed by atoms with Crippen LogP contribution >= 0.6 is 0 Å². The summed E-state index contributed by atoms with van der Waals surface area (Å²) in [4.78, 5) is 17.0. The van der Waals surface area contributed by atoms with Crippen LogP contribution in [0.1, 0.15) is 44.6 Å². The summed E-state index contributed by atoms with van der Waals surface area (Å²) in [6.45, 7) is 5.78. The fraction of sp³-hybridized carbons (Fsp3) is 0.185. The number of aromatic nitrogens is 1. The van der Waals surface area contributed by atoms with Gasteiger partial charge in [0.1, 0.15) is 29.0 Å². The van der Waals surface area contributed by atoms with E-state index in [1.807, 2.05) is 26.0 Å². The Kier molecular flexibility index (Phi) is 8.51. The van der Waals surface area contributed by atoms with Crippen LogP contribution in [0.5, 0.6) is 11.5 Å². The van der Waals surface area contributed by atoms with Crippen molar-refractivity contribution in [3.05, 3.63) is 107 Å². The Bertz CT molecular complexity index is 1210. The number of benzene rings is 2. The number of nitrogens with zero attached hydrogens (tertiary/aromatic N) is 1. The first-order valence-corrected chi connectivity index (χ1v) is 11.1. The highest BCUT2D eigenvalue weighted by Crippen LogP contribution is 2.28. The maximum absolute atomic E-state index is 13.4. The number of allylic oxidation sites excluding steroid dienone is 3. The lowest BCUT2D eigenvalue weighted by molar-refractivity contribution is 0.0950. The number of hydrogen-bond acceptors (Lipinski definition) is 4. The quantitative estimate of drug-likeness (QED) is 0.387. The first kappa shape index (κ1) is 24.6. The van der Waals surface area contributed by atoms with Gasteiger partial charge in [0.25, 0.3) is 5.91 Å². The van der Waals surface area contributed by atoms with Gasteiger partial charge in [0.05, 0.1) is 0 Å². The number of hydrogen-bond donors (Lipinski definition) is 2. The second kappa shape index (κ2) is 11.7. The van der Waals surface area contributed by atoms with Gasteiger partial charge < -0.3 is 15.4 Å². The summed E-state index contributed by atoms with van der Waals surface area (Å²) in [5.41, 5.74) is 2.36. The van der Waals surface area contributed by atoms with Gasteiger partial charge in [0.2, 0.25) is 0 Å². The SMILES string of the molecule is CC.Cc1c(Oc2ccnc(NC3=CCC=C3)c2)cccc1C(=O)NCc1cc(F)cc(F)c1.[HH].[HH]. The minimum atomic E-state index is -0.688. The standard InChI is InChI=1S/C25H21F2N3O2.C2H6.2H2/c1-16-22(25(31)29-15-17-11-18(26)13-19(27)12-17)7-4-8-23(16)32-21-9-10-28-24(14-21)30-20-5-2-3-6-20;1-2;;/h2,4-14H,3,15H2,1H3,(H,28,30)(H,29,31);1-2H3;2*1H. The summed E-state index contributed by atoms with van der Waals surface area (Å²) in [7, 11) is 0. The average Bonchev–Trinajstić information content (AvgIpc) is 3.33. The molecule has 2 N–H and O–H groups in total. The van der Waals surface area contributed by atoms with E-state index in [0.29, 0.717) is 34.0 Å². The number of carbonyl (C=O) groups is 1. The van der Waals surface area contributed by atoms with E-state index in [4.69, 9.17) is 4.74 Å². The number of nitrogens with one attached hydrogen (secondary N) is 2. The van der Waals surface area contributed by atoms with Gasteiger partial charge in [-0.15, -0.1) is 0 Å². The second-order valence-electron chi connectivity index (χ2n) is 7.29. The number of amides is 1. The molecule has 3 aromatic rings. The van der Waals surface area contributed by atoms with Crippen molar-refractivity contribution in [2.45, 2.75) is 33.7 Å². The largest absolute Gasteiger partial charge is 0.457 e. The minimum absolute atomic E-state index is 0. The van der Waals surface area contributed by atoms with E-state index in [-0.39, 0.29) is 15.3 Å². The molecule has 1 amide bonds. The Morgan fingerprint density at radius 2 is 1.88 bits per heavy atom. The molecule has 1 aliphatic rings. The van der Waals surface area contributed by atoms with Crippen molar-refractivity contribution in [1.82, 2.24) is 10.3 Å². The van der Waals surface area contributed by atoms with Gasteiger partial charge in [-0.3, -0.25) is 4.79 Å². The molecule has 0 fully saturated rings. The van der Waals surface area contributed by atoms with E-state index in [0.717, 1.165) is 18.2 Å². The Labute approximate surface area is 201 Å². The van der Waals surface area contributed by atoms with Gasteiger partial charge in [-0.05, 0) is 55.3 Å². The summed E-state index contributed by atoms with van der Waals surface area (Å²) in [6.07, 6.45) is 8.62. The zero-order chi connectivity index (χ0) is 24.5. The molecule has 0 atom stereocenters. The van der Waals surface area contributed by atoms with Crippen molar-refractivity contribution in [3.63, 3.8) is 0 Å². The van der Waals surface area contributed by atoms with E-state index in [9.17, 15) is 13.6 Å². The molecule has 7 heteroatoms. The molecule has 0 bridgehead atoms. The third-order valence-electron chi connectivity index (χ3n) is 4.91. The fourth-order valence-corrected chi connectivity index (χ4v) is 3.33. The van der Waals surface area contributed by atoms with Crippen molar-refractivity contribution in [3.8, 4) is 11.5 Å². The van der Waals surface area contributed by atoms with Crippen LogP contribution in [0.3, 0.4) is 0 Å². The number of ether oxygens (including phenoxy) is 1. The normalized spacial score (nSPS) is 11.9. The Balaban J connectivity index is 0.00000158. The second-order valence-corrected chi connectivity index (χ2v) is 7.29. The van der Waals surface area contributed by atoms with E-state index in [1.165, 1.54) is 12.1 Å². The van der Waals surface area contributed by atoms with Crippen LogP contribution in [0, 0.1) is 18.6 Å². The van der Waals surface area contributed by atoms with Crippen LogP contribution in [0.2, 0.25) is 0 Å². The molecule has 0 saturated carbocycles. The molecule has 1 aromatic heterocycles. The Morgan fingerprint density at radius 3 is 2.59 bits per heavy atom. The van der Waals surface area contributed by atoms with E-state index < -0.39 is 11.6 Å². The Morgan fingerprint density at radius 1 is 1.12 bits per heavy atom. The summed E-state index contributed by atoms with van der Waals surface area (Å²) < 4.78 is 32.7. The van der Waals surface area contributed by atoms with Gasteiger partial charge in [-0.2, -0.15) is 0 Å². The molecular formula is C27H31F2N3O2. The van der Waals surface area contributed by atoms with Crippen LogP contribution in [-0.4, -0.2) is 10.9 Å². The summed E-state index contributed by atoms with van der Waals surface area (Å²) in [5.74, 6) is -0.00375. The molecule has 0 spiro atoms. The zero-order valence-corrected chi connectivity index (χ0v) is 19.4. The van der Waals surface area contributed by atoms with Crippen molar-refractivity contribution in [1.29, 1.82) is 0 Å². The third kappa shape index (κ3) is 6.51. The van der Waals surface area contributed by atoms with Crippen molar-refractivity contribution < 1.29 is 21.2 Å². The Hall–Kier alpha value is -4.00. The molecule has 0 radical (unpaired) electrons.